The highest BCUT2D eigenvalue weighted by Crippen LogP contribution is 2.30. The number of aryl methyl sites for hydroxylation is 2. The Morgan fingerprint density at radius 2 is 1.96 bits per heavy atom. The van der Waals surface area contributed by atoms with Crippen LogP contribution in [-0.4, -0.2) is 27.5 Å². The highest BCUT2D eigenvalue weighted by atomic mass is 32.2. The van der Waals surface area contributed by atoms with Gasteiger partial charge in [-0.05, 0) is 43.5 Å². The molecule has 8 heteroatoms. The molecule has 3 N–H and O–H groups in total. The lowest BCUT2D eigenvalue weighted by Gasteiger charge is -2.23. The van der Waals surface area contributed by atoms with Gasteiger partial charge in [0.05, 0.1) is 11.5 Å². The number of benzene rings is 1. The topological polar surface area (TPSA) is 104 Å². The Labute approximate surface area is 161 Å². The maximum Gasteiger partial charge on any atom is 0.257 e. The van der Waals surface area contributed by atoms with Crippen molar-refractivity contribution >= 4 is 35.1 Å². The minimum atomic E-state index is -0.879. The summed E-state index contributed by atoms with van der Waals surface area (Å²) in [5.41, 5.74) is 2.49. The van der Waals surface area contributed by atoms with Crippen molar-refractivity contribution in [2.45, 2.75) is 44.7 Å². The first-order valence-electron chi connectivity index (χ1n) is 8.83. The van der Waals surface area contributed by atoms with Crippen LogP contribution in [0, 0.1) is 13.8 Å². The van der Waals surface area contributed by atoms with Crippen molar-refractivity contribution in [3.63, 3.8) is 0 Å². The maximum atomic E-state index is 12.8. The Hall–Kier alpha value is -2.61. The largest absolute Gasteiger partial charge is 0.326 e. The van der Waals surface area contributed by atoms with Gasteiger partial charge in [0.15, 0.2) is 5.16 Å². The maximum absolute atomic E-state index is 12.8. The number of fused-ring (bicyclic) bond motifs is 1. The Morgan fingerprint density at radius 3 is 2.63 bits per heavy atom. The number of H-pyrrole nitrogens is 1. The fourth-order valence-corrected chi connectivity index (χ4v) is 3.84. The van der Waals surface area contributed by atoms with E-state index in [0.29, 0.717) is 10.8 Å². The fraction of sp³-hybridized carbons (Fsp3) is 0.368. The van der Waals surface area contributed by atoms with Crippen LogP contribution >= 0.6 is 11.8 Å². The summed E-state index contributed by atoms with van der Waals surface area (Å²) in [5, 5.41) is 5.89. The molecule has 1 unspecified atom stereocenters. The number of carbonyl (C=O) groups excluding carboxylic acids is 2. The van der Waals surface area contributed by atoms with Crippen LogP contribution in [0.15, 0.2) is 28.2 Å². The molecule has 1 aromatic carbocycles. The molecule has 3 rings (SSSR count). The second-order valence-corrected chi connectivity index (χ2v) is 7.74. The van der Waals surface area contributed by atoms with E-state index in [4.69, 9.17) is 0 Å². The van der Waals surface area contributed by atoms with Gasteiger partial charge in [-0.1, -0.05) is 24.8 Å². The molecule has 0 spiro atoms. The summed E-state index contributed by atoms with van der Waals surface area (Å²) >= 11 is 1.41. The first-order chi connectivity index (χ1) is 12.9. The molecule has 0 fully saturated rings. The zero-order chi connectivity index (χ0) is 19.6. The number of anilines is 2. The zero-order valence-electron chi connectivity index (χ0n) is 15.5. The molecule has 1 aliphatic rings. The minimum absolute atomic E-state index is 0.0875. The molecule has 7 nitrogen and oxygen atoms in total. The monoisotopic (exact) mass is 386 g/mol. The normalized spacial score (nSPS) is 15.8. The number of aromatic nitrogens is 2. The molecule has 1 aliphatic heterocycles. The van der Waals surface area contributed by atoms with Gasteiger partial charge in [0, 0.05) is 17.9 Å². The standard InChI is InChI=1S/C19H22N4O3S/c1-4-5-27-19-22-16-15(18(26)23-19)13(9-14(24)21-16)17(25)20-12-7-10(2)6-11(3)8-12/h6-8,13H,4-5,9H2,1-3H3,(H,20,25)(H2,21,22,23,24,26). The van der Waals surface area contributed by atoms with E-state index in [9.17, 15) is 14.4 Å². The number of amides is 2. The van der Waals surface area contributed by atoms with Gasteiger partial charge in [-0.25, -0.2) is 4.98 Å². The van der Waals surface area contributed by atoms with Gasteiger partial charge in [0.2, 0.25) is 11.8 Å². The summed E-state index contributed by atoms with van der Waals surface area (Å²) in [7, 11) is 0. The highest BCUT2D eigenvalue weighted by molar-refractivity contribution is 7.99. The summed E-state index contributed by atoms with van der Waals surface area (Å²) in [6.45, 7) is 5.91. The van der Waals surface area contributed by atoms with Crippen LogP contribution in [0.4, 0.5) is 11.5 Å². The van der Waals surface area contributed by atoms with Gasteiger partial charge in [-0.3, -0.25) is 14.4 Å². The number of hydrogen-bond donors (Lipinski definition) is 3. The van der Waals surface area contributed by atoms with Gasteiger partial charge >= 0.3 is 0 Å². The second kappa shape index (κ2) is 7.96. The van der Waals surface area contributed by atoms with Crippen molar-refractivity contribution < 1.29 is 9.59 Å². The van der Waals surface area contributed by atoms with Crippen LogP contribution in [0.2, 0.25) is 0 Å². The molecule has 0 aliphatic carbocycles. The van der Waals surface area contributed by atoms with E-state index in [1.807, 2.05) is 39.0 Å². The lowest BCUT2D eigenvalue weighted by molar-refractivity contribution is -0.123. The second-order valence-electron chi connectivity index (χ2n) is 6.65. The van der Waals surface area contributed by atoms with Crippen molar-refractivity contribution in [1.82, 2.24) is 9.97 Å². The van der Waals surface area contributed by atoms with E-state index < -0.39 is 11.8 Å². The minimum Gasteiger partial charge on any atom is -0.326 e. The van der Waals surface area contributed by atoms with Crippen LogP contribution in [0.25, 0.3) is 0 Å². The zero-order valence-corrected chi connectivity index (χ0v) is 16.3. The Kier molecular flexibility index (Phi) is 5.65. The number of nitrogens with one attached hydrogen (secondary N) is 3. The number of rotatable bonds is 5. The number of thioether (sulfide) groups is 1. The highest BCUT2D eigenvalue weighted by Gasteiger charge is 2.34. The molecule has 2 amide bonds. The van der Waals surface area contributed by atoms with Crippen LogP contribution in [0.5, 0.6) is 0 Å². The Bertz CT molecular complexity index is 934. The van der Waals surface area contributed by atoms with Gasteiger partial charge in [0.1, 0.15) is 5.82 Å². The molecule has 1 aromatic heterocycles. The van der Waals surface area contributed by atoms with Crippen LogP contribution in [0.1, 0.15) is 42.4 Å². The molecule has 0 radical (unpaired) electrons. The summed E-state index contributed by atoms with van der Waals surface area (Å²) in [6, 6.07) is 5.70. The predicted octanol–water partition coefficient (Wildman–Crippen LogP) is 2.95. The third kappa shape index (κ3) is 4.39. The van der Waals surface area contributed by atoms with Gasteiger partial charge in [0.25, 0.3) is 5.56 Å². The fourth-order valence-electron chi connectivity index (χ4n) is 3.12. The molecule has 1 atom stereocenters. The number of aromatic amines is 1. The molecule has 2 heterocycles. The molecule has 142 valence electrons. The van der Waals surface area contributed by atoms with E-state index in [2.05, 4.69) is 20.6 Å². The van der Waals surface area contributed by atoms with E-state index >= 15 is 0 Å². The van der Waals surface area contributed by atoms with Gasteiger partial charge < -0.3 is 15.6 Å². The first-order valence-corrected chi connectivity index (χ1v) is 9.82. The van der Waals surface area contributed by atoms with Gasteiger partial charge in [-0.15, -0.1) is 0 Å². The first kappa shape index (κ1) is 19.2. The van der Waals surface area contributed by atoms with Crippen molar-refractivity contribution in [2.75, 3.05) is 16.4 Å². The molecule has 0 saturated carbocycles. The SMILES string of the molecule is CCCSc1nc2c(c(=O)[nH]1)C(C(=O)Nc1cc(C)cc(C)c1)CC(=O)N2. The van der Waals surface area contributed by atoms with Crippen molar-refractivity contribution in [3.8, 4) is 0 Å². The summed E-state index contributed by atoms with van der Waals surface area (Å²) in [6.07, 6.45) is 0.842. The summed E-state index contributed by atoms with van der Waals surface area (Å²) in [4.78, 5) is 44.6. The van der Waals surface area contributed by atoms with Crippen molar-refractivity contribution in [3.05, 3.63) is 45.2 Å². The summed E-state index contributed by atoms with van der Waals surface area (Å²) < 4.78 is 0. The quantitative estimate of drug-likeness (QED) is 0.541. The Balaban J connectivity index is 1.92. The third-order valence-corrected chi connectivity index (χ3v) is 5.26. The number of carbonyl (C=O) groups is 2. The average molecular weight is 386 g/mol. The molecular formula is C19H22N4O3S. The molecular weight excluding hydrogens is 364 g/mol. The van der Waals surface area contributed by atoms with Gasteiger partial charge in [-0.2, -0.15) is 0 Å². The molecule has 0 bridgehead atoms. The van der Waals surface area contributed by atoms with E-state index in [1.54, 1.807) is 0 Å². The molecule has 27 heavy (non-hydrogen) atoms. The smallest absolute Gasteiger partial charge is 0.257 e. The number of hydrogen-bond acceptors (Lipinski definition) is 5. The lowest BCUT2D eigenvalue weighted by atomic mass is 9.92. The van der Waals surface area contributed by atoms with E-state index in [1.165, 1.54) is 11.8 Å². The summed E-state index contributed by atoms with van der Waals surface area (Å²) in [5.74, 6) is -0.623. The van der Waals surface area contributed by atoms with Crippen LogP contribution in [0.3, 0.4) is 0 Å². The van der Waals surface area contributed by atoms with E-state index in [0.717, 1.165) is 23.3 Å². The van der Waals surface area contributed by atoms with E-state index in [-0.39, 0.29) is 29.3 Å². The molecule has 2 aromatic rings. The van der Waals surface area contributed by atoms with Crippen molar-refractivity contribution in [1.29, 1.82) is 0 Å². The van der Waals surface area contributed by atoms with Crippen molar-refractivity contribution in [2.24, 2.45) is 0 Å². The molecule has 0 saturated heterocycles. The van der Waals surface area contributed by atoms with Crippen LogP contribution in [-0.2, 0) is 9.59 Å². The Morgan fingerprint density at radius 1 is 1.26 bits per heavy atom. The lowest BCUT2D eigenvalue weighted by Crippen LogP contribution is -2.36. The average Bonchev–Trinajstić information content (AvgIpc) is 2.57. The predicted molar refractivity (Wildman–Crippen MR) is 106 cm³/mol. The number of nitrogens with zero attached hydrogens (tertiary/aromatic N) is 1. The third-order valence-electron chi connectivity index (χ3n) is 4.18. The van der Waals surface area contributed by atoms with Crippen LogP contribution < -0.4 is 16.2 Å².